The van der Waals surface area contributed by atoms with Crippen LogP contribution in [0.25, 0.3) is 0 Å². The standard InChI is InChI=1S/C17H18BrN3O2/c1-21(2)16-9-4-12(10-15(16)18)11-19-20-17(22)13-5-7-14(23-3)8-6-13/h4-11H,1-3H3,(H,20,22)/b19-11+. The van der Waals surface area contributed by atoms with Crippen molar-refractivity contribution in [2.45, 2.75) is 0 Å². The zero-order valence-electron chi connectivity index (χ0n) is 13.2. The molecule has 0 atom stereocenters. The number of hydrazone groups is 1. The van der Waals surface area contributed by atoms with Crippen LogP contribution in [0.1, 0.15) is 15.9 Å². The minimum absolute atomic E-state index is 0.270. The van der Waals surface area contributed by atoms with Crippen molar-refractivity contribution in [2.24, 2.45) is 5.10 Å². The Kier molecular flexibility index (Phi) is 5.76. The fourth-order valence-electron chi connectivity index (χ4n) is 1.94. The summed E-state index contributed by atoms with van der Waals surface area (Å²) in [5.41, 5.74) is 4.99. The molecule has 0 fully saturated rings. The number of methoxy groups -OCH3 is 1. The fourth-order valence-corrected chi connectivity index (χ4v) is 2.69. The molecule has 0 unspecified atom stereocenters. The van der Waals surface area contributed by atoms with Crippen LogP contribution in [0, 0.1) is 0 Å². The lowest BCUT2D eigenvalue weighted by atomic mass is 10.2. The van der Waals surface area contributed by atoms with E-state index < -0.39 is 0 Å². The smallest absolute Gasteiger partial charge is 0.271 e. The highest BCUT2D eigenvalue weighted by molar-refractivity contribution is 9.10. The first kappa shape index (κ1) is 17.0. The summed E-state index contributed by atoms with van der Waals surface area (Å²) >= 11 is 3.52. The minimum atomic E-state index is -0.270. The molecule has 0 aromatic heterocycles. The monoisotopic (exact) mass is 375 g/mol. The number of hydrogen-bond acceptors (Lipinski definition) is 4. The van der Waals surface area contributed by atoms with Gasteiger partial charge in [0, 0.05) is 24.1 Å². The van der Waals surface area contributed by atoms with Gasteiger partial charge in [0.1, 0.15) is 5.75 Å². The van der Waals surface area contributed by atoms with E-state index in [1.54, 1.807) is 37.6 Å². The molecule has 0 aliphatic rings. The summed E-state index contributed by atoms with van der Waals surface area (Å²) in [5, 5.41) is 3.99. The maximum absolute atomic E-state index is 12.0. The summed E-state index contributed by atoms with van der Waals surface area (Å²) in [4.78, 5) is 14.0. The lowest BCUT2D eigenvalue weighted by Gasteiger charge is -2.14. The molecule has 1 amide bonds. The molecule has 5 nitrogen and oxygen atoms in total. The Morgan fingerprint density at radius 1 is 1.22 bits per heavy atom. The predicted molar refractivity (Wildman–Crippen MR) is 96.5 cm³/mol. The van der Waals surface area contributed by atoms with Crippen molar-refractivity contribution >= 4 is 33.7 Å². The molecule has 6 heteroatoms. The third-order valence-corrected chi connectivity index (χ3v) is 3.82. The third-order valence-electron chi connectivity index (χ3n) is 3.19. The van der Waals surface area contributed by atoms with Crippen LogP contribution in [0.15, 0.2) is 52.0 Å². The van der Waals surface area contributed by atoms with Gasteiger partial charge in [-0.1, -0.05) is 6.07 Å². The molecular weight excluding hydrogens is 358 g/mol. The quantitative estimate of drug-likeness (QED) is 0.644. The van der Waals surface area contributed by atoms with Gasteiger partial charge in [-0.05, 0) is 57.9 Å². The summed E-state index contributed by atoms with van der Waals surface area (Å²) < 4.78 is 6.02. The number of benzene rings is 2. The van der Waals surface area contributed by atoms with Crippen LogP contribution in [0.2, 0.25) is 0 Å². The number of nitrogens with one attached hydrogen (secondary N) is 1. The van der Waals surface area contributed by atoms with Crippen molar-refractivity contribution in [3.8, 4) is 5.75 Å². The van der Waals surface area contributed by atoms with Crippen LogP contribution in [0.4, 0.5) is 5.69 Å². The van der Waals surface area contributed by atoms with Crippen LogP contribution in [0.3, 0.4) is 0 Å². The normalized spacial score (nSPS) is 10.6. The zero-order chi connectivity index (χ0) is 16.8. The Labute approximate surface area is 144 Å². The Morgan fingerprint density at radius 3 is 2.48 bits per heavy atom. The first-order valence-electron chi connectivity index (χ1n) is 6.95. The molecule has 2 aromatic carbocycles. The van der Waals surface area contributed by atoms with Crippen molar-refractivity contribution in [3.63, 3.8) is 0 Å². The number of nitrogens with zero attached hydrogens (tertiary/aromatic N) is 2. The number of halogens is 1. The largest absolute Gasteiger partial charge is 0.497 e. The minimum Gasteiger partial charge on any atom is -0.497 e. The second-order valence-electron chi connectivity index (χ2n) is 5.03. The lowest BCUT2D eigenvalue weighted by molar-refractivity contribution is 0.0955. The van der Waals surface area contributed by atoms with E-state index in [1.165, 1.54) is 0 Å². The molecule has 2 rings (SSSR count). The summed E-state index contributed by atoms with van der Waals surface area (Å²) in [7, 11) is 5.53. The van der Waals surface area contributed by atoms with Gasteiger partial charge in [0.25, 0.3) is 5.91 Å². The average molecular weight is 376 g/mol. The lowest BCUT2D eigenvalue weighted by Crippen LogP contribution is -2.17. The van der Waals surface area contributed by atoms with Gasteiger partial charge in [0.05, 0.1) is 19.0 Å². The second-order valence-corrected chi connectivity index (χ2v) is 5.89. The van der Waals surface area contributed by atoms with Gasteiger partial charge in [-0.2, -0.15) is 5.10 Å². The maximum atomic E-state index is 12.0. The molecule has 120 valence electrons. The van der Waals surface area contributed by atoms with Gasteiger partial charge in [-0.3, -0.25) is 4.79 Å². The summed E-state index contributed by atoms with van der Waals surface area (Å²) in [6.07, 6.45) is 1.60. The average Bonchev–Trinajstić information content (AvgIpc) is 2.54. The van der Waals surface area contributed by atoms with E-state index in [1.807, 2.05) is 37.2 Å². The summed E-state index contributed by atoms with van der Waals surface area (Å²) in [6, 6.07) is 12.7. The number of ether oxygens (including phenoxy) is 1. The van der Waals surface area contributed by atoms with Crippen molar-refractivity contribution in [3.05, 3.63) is 58.1 Å². The van der Waals surface area contributed by atoms with Crippen LogP contribution < -0.4 is 15.1 Å². The fraction of sp³-hybridized carbons (Fsp3) is 0.176. The first-order chi connectivity index (χ1) is 11.0. The summed E-state index contributed by atoms with van der Waals surface area (Å²) in [6.45, 7) is 0. The van der Waals surface area contributed by atoms with Crippen molar-refractivity contribution in [1.29, 1.82) is 0 Å². The van der Waals surface area contributed by atoms with Gasteiger partial charge in [0.15, 0.2) is 0 Å². The molecule has 2 aromatic rings. The van der Waals surface area contributed by atoms with Crippen LogP contribution in [0.5, 0.6) is 5.75 Å². The highest BCUT2D eigenvalue weighted by Gasteiger charge is 2.04. The van der Waals surface area contributed by atoms with E-state index in [2.05, 4.69) is 26.5 Å². The molecule has 23 heavy (non-hydrogen) atoms. The van der Waals surface area contributed by atoms with E-state index in [0.717, 1.165) is 15.7 Å². The highest BCUT2D eigenvalue weighted by atomic mass is 79.9. The third kappa shape index (κ3) is 4.56. The van der Waals surface area contributed by atoms with Gasteiger partial charge in [-0.15, -0.1) is 0 Å². The molecule has 0 heterocycles. The number of carbonyl (C=O) groups excluding carboxylic acids is 1. The molecule has 0 spiro atoms. The molecule has 0 bridgehead atoms. The van der Waals surface area contributed by atoms with Gasteiger partial charge >= 0.3 is 0 Å². The molecule has 0 saturated carbocycles. The number of amides is 1. The Morgan fingerprint density at radius 2 is 1.91 bits per heavy atom. The molecule has 1 N–H and O–H groups in total. The number of carbonyl (C=O) groups is 1. The topological polar surface area (TPSA) is 53.9 Å². The van der Waals surface area contributed by atoms with Crippen molar-refractivity contribution in [1.82, 2.24) is 5.43 Å². The van der Waals surface area contributed by atoms with Crippen molar-refractivity contribution in [2.75, 3.05) is 26.1 Å². The number of hydrogen-bond donors (Lipinski definition) is 1. The predicted octanol–water partition coefficient (Wildman–Crippen LogP) is 3.29. The van der Waals surface area contributed by atoms with Crippen LogP contribution in [-0.4, -0.2) is 33.3 Å². The summed E-state index contributed by atoms with van der Waals surface area (Å²) in [5.74, 6) is 0.434. The van der Waals surface area contributed by atoms with Crippen molar-refractivity contribution < 1.29 is 9.53 Å². The SMILES string of the molecule is COc1ccc(C(=O)N/N=C/c2ccc(N(C)C)c(Br)c2)cc1. The first-order valence-corrected chi connectivity index (χ1v) is 7.75. The molecule has 0 radical (unpaired) electrons. The number of rotatable bonds is 5. The Hall–Kier alpha value is -2.34. The van der Waals surface area contributed by atoms with E-state index in [9.17, 15) is 4.79 Å². The Bertz CT molecular complexity index is 712. The van der Waals surface area contributed by atoms with Gasteiger partial charge in [-0.25, -0.2) is 5.43 Å². The molecule has 0 saturated heterocycles. The van der Waals surface area contributed by atoms with Crippen LogP contribution in [-0.2, 0) is 0 Å². The molecule has 0 aliphatic heterocycles. The van der Waals surface area contributed by atoms with E-state index in [-0.39, 0.29) is 5.91 Å². The van der Waals surface area contributed by atoms with E-state index in [0.29, 0.717) is 11.3 Å². The van der Waals surface area contributed by atoms with E-state index >= 15 is 0 Å². The van der Waals surface area contributed by atoms with Gasteiger partial charge < -0.3 is 9.64 Å². The van der Waals surface area contributed by atoms with Gasteiger partial charge in [0.2, 0.25) is 0 Å². The molecule has 0 aliphatic carbocycles. The Balaban J connectivity index is 2.00. The van der Waals surface area contributed by atoms with E-state index in [4.69, 9.17) is 4.74 Å². The molecular formula is C17H18BrN3O2. The number of anilines is 1. The zero-order valence-corrected chi connectivity index (χ0v) is 14.8. The second kappa shape index (κ2) is 7.78. The highest BCUT2D eigenvalue weighted by Crippen LogP contribution is 2.25. The maximum Gasteiger partial charge on any atom is 0.271 e. The van der Waals surface area contributed by atoms with Crippen LogP contribution >= 0.6 is 15.9 Å².